The molecule has 1 aromatic carbocycles. The zero-order valence-corrected chi connectivity index (χ0v) is 15.0. The molecule has 6 nitrogen and oxygen atoms in total. The summed E-state index contributed by atoms with van der Waals surface area (Å²) in [5, 5.41) is 2.70. The first kappa shape index (κ1) is 19.5. The van der Waals surface area contributed by atoms with Crippen molar-refractivity contribution in [3.63, 3.8) is 0 Å². The number of halogens is 2. The molecule has 3 rings (SSSR count). The Morgan fingerprint density at radius 3 is 2.80 bits per heavy atom. The Labute approximate surface area is 152 Å². The minimum absolute atomic E-state index is 0. The van der Waals surface area contributed by atoms with Crippen LogP contribution in [0.2, 0.25) is 0 Å². The number of piperidine rings is 1. The van der Waals surface area contributed by atoms with Gasteiger partial charge >= 0.3 is 6.03 Å². The third-order valence-corrected chi connectivity index (χ3v) is 4.84. The van der Waals surface area contributed by atoms with E-state index in [0.717, 1.165) is 12.8 Å². The second kappa shape index (κ2) is 8.01. The van der Waals surface area contributed by atoms with E-state index in [4.69, 9.17) is 5.73 Å². The summed E-state index contributed by atoms with van der Waals surface area (Å²) in [5.41, 5.74) is 6.51. The summed E-state index contributed by atoms with van der Waals surface area (Å²) >= 11 is 0. The number of carbonyl (C=O) groups is 2. The van der Waals surface area contributed by atoms with Gasteiger partial charge in [0.05, 0.1) is 5.56 Å². The van der Waals surface area contributed by atoms with E-state index < -0.39 is 5.82 Å². The lowest BCUT2D eigenvalue weighted by Crippen LogP contribution is -2.45. The number of nitrogens with one attached hydrogen (secondary N) is 1. The minimum atomic E-state index is -0.564. The van der Waals surface area contributed by atoms with Crippen molar-refractivity contribution in [1.82, 2.24) is 10.2 Å². The molecule has 2 heterocycles. The molecule has 0 saturated carbocycles. The van der Waals surface area contributed by atoms with Crippen LogP contribution in [-0.2, 0) is 0 Å². The SMILES string of the molecule is CC(N)C1CCCN(C(=O)c2cc(N3CCNC3=O)ccc2F)C1.Cl. The molecule has 0 aromatic heterocycles. The van der Waals surface area contributed by atoms with Crippen LogP contribution in [0.15, 0.2) is 18.2 Å². The third kappa shape index (κ3) is 4.04. The summed E-state index contributed by atoms with van der Waals surface area (Å²) in [4.78, 5) is 27.7. The van der Waals surface area contributed by atoms with Gasteiger partial charge in [-0.05, 0) is 43.9 Å². The predicted molar refractivity (Wildman–Crippen MR) is 96.7 cm³/mol. The van der Waals surface area contributed by atoms with Crippen molar-refractivity contribution < 1.29 is 14.0 Å². The van der Waals surface area contributed by atoms with Gasteiger partial charge in [-0.15, -0.1) is 12.4 Å². The lowest BCUT2D eigenvalue weighted by molar-refractivity contribution is 0.0656. The smallest absolute Gasteiger partial charge is 0.321 e. The van der Waals surface area contributed by atoms with E-state index in [0.29, 0.717) is 31.9 Å². The van der Waals surface area contributed by atoms with Crippen molar-refractivity contribution in [2.45, 2.75) is 25.8 Å². The zero-order valence-electron chi connectivity index (χ0n) is 14.2. The molecule has 0 spiro atoms. The number of nitrogens with two attached hydrogens (primary N) is 1. The van der Waals surface area contributed by atoms with Gasteiger partial charge in [-0.2, -0.15) is 0 Å². The molecule has 8 heteroatoms. The molecule has 2 aliphatic heterocycles. The van der Waals surface area contributed by atoms with E-state index in [2.05, 4.69) is 5.32 Å². The Bertz CT molecular complexity index is 656. The fourth-order valence-corrected chi connectivity index (χ4v) is 3.36. The van der Waals surface area contributed by atoms with Crippen molar-refractivity contribution in [3.8, 4) is 0 Å². The fourth-order valence-electron chi connectivity index (χ4n) is 3.36. The first-order valence-corrected chi connectivity index (χ1v) is 8.37. The molecule has 0 radical (unpaired) electrons. The van der Waals surface area contributed by atoms with Gasteiger partial charge in [-0.25, -0.2) is 9.18 Å². The Morgan fingerprint density at radius 2 is 2.16 bits per heavy atom. The predicted octanol–water partition coefficient (Wildman–Crippen LogP) is 1.98. The summed E-state index contributed by atoms with van der Waals surface area (Å²) in [6.45, 7) is 4.14. The maximum Gasteiger partial charge on any atom is 0.321 e. The number of likely N-dealkylation sites (tertiary alicyclic amines) is 1. The van der Waals surface area contributed by atoms with Gasteiger partial charge in [0.25, 0.3) is 5.91 Å². The van der Waals surface area contributed by atoms with Gasteiger partial charge in [-0.1, -0.05) is 0 Å². The molecule has 0 aliphatic carbocycles. The van der Waals surface area contributed by atoms with Crippen LogP contribution in [0.3, 0.4) is 0 Å². The van der Waals surface area contributed by atoms with Crippen molar-refractivity contribution in [3.05, 3.63) is 29.6 Å². The fraction of sp³-hybridized carbons (Fsp3) is 0.529. The second-order valence-electron chi connectivity index (χ2n) is 6.56. The van der Waals surface area contributed by atoms with Crippen LogP contribution < -0.4 is 16.0 Å². The number of hydrogen-bond acceptors (Lipinski definition) is 3. The van der Waals surface area contributed by atoms with Crippen LogP contribution in [0.5, 0.6) is 0 Å². The highest BCUT2D eigenvalue weighted by molar-refractivity contribution is 5.98. The van der Waals surface area contributed by atoms with E-state index in [-0.39, 0.29) is 41.9 Å². The summed E-state index contributed by atoms with van der Waals surface area (Å²) in [7, 11) is 0. The molecule has 2 fully saturated rings. The van der Waals surface area contributed by atoms with E-state index in [9.17, 15) is 14.0 Å². The number of benzene rings is 1. The third-order valence-electron chi connectivity index (χ3n) is 4.84. The molecule has 1 aromatic rings. The quantitative estimate of drug-likeness (QED) is 0.853. The number of anilines is 1. The van der Waals surface area contributed by atoms with Gasteiger partial charge < -0.3 is 16.0 Å². The Hall–Kier alpha value is -1.86. The molecule has 3 amide bonds. The highest BCUT2D eigenvalue weighted by Crippen LogP contribution is 2.25. The topological polar surface area (TPSA) is 78.7 Å². The molecule has 2 atom stereocenters. The first-order valence-electron chi connectivity index (χ1n) is 8.37. The average Bonchev–Trinajstić information content (AvgIpc) is 3.01. The molecule has 25 heavy (non-hydrogen) atoms. The lowest BCUT2D eigenvalue weighted by atomic mass is 9.92. The van der Waals surface area contributed by atoms with E-state index in [1.807, 2.05) is 6.92 Å². The molecular weight excluding hydrogens is 347 g/mol. The first-order chi connectivity index (χ1) is 11.5. The van der Waals surface area contributed by atoms with Crippen molar-refractivity contribution in [2.24, 2.45) is 11.7 Å². The molecule has 3 N–H and O–H groups in total. The number of hydrogen-bond donors (Lipinski definition) is 2. The second-order valence-corrected chi connectivity index (χ2v) is 6.56. The zero-order chi connectivity index (χ0) is 17.3. The Morgan fingerprint density at radius 1 is 1.40 bits per heavy atom. The van der Waals surface area contributed by atoms with E-state index in [1.165, 1.54) is 23.1 Å². The lowest BCUT2D eigenvalue weighted by Gasteiger charge is -2.34. The summed E-state index contributed by atoms with van der Waals surface area (Å²) in [6.07, 6.45) is 1.85. The van der Waals surface area contributed by atoms with Crippen molar-refractivity contribution in [2.75, 3.05) is 31.1 Å². The average molecular weight is 371 g/mol. The van der Waals surface area contributed by atoms with Crippen molar-refractivity contribution >= 4 is 30.0 Å². The van der Waals surface area contributed by atoms with Gasteiger partial charge in [-0.3, -0.25) is 9.69 Å². The normalized spacial score (nSPS) is 21.6. The van der Waals surface area contributed by atoms with Crippen LogP contribution in [0.4, 0.5) is 14.9 Å². The minimum Gasteiger partial charge on any atom is -0.338 e. The number of urea groups is 1. The summed E-state index contributed by atoms with van der Waals surface area (Å²) in [5.74, 6) is -0.663. The molecule has 0 bridgehead atoms. The Balaban J connectivity index is 0.00000225. The molecule has 2 saturated heterocycles. The van der Waals surface area contributed by atoms with Crippen LogP contribution in [0.1, 0.15) is 30.1 Å². The molecule has 2 aliphatic rings. The van der Waals surface area contributed by atoms with Crippen LogP contribution in [-0.4, -0.2) is 49.1 Å². The summed E-state index contributed by atoms with van der Waals surface area (Å²) < 4.78 is 14.2. The molecular formula is C17H24ClFN4O2. The van der Waals surface area contributed by atoms with Crippen LogP contribution in [0.25, 0.3) is 0 Å². The van der Waals surface area contributed by atoms with Crippen LogP contribution in [0, 0.1) is 11.7 Å². The van der Waals surface area contributed by atoms with E-state index >= 15 is 0 Å². The molecule has 2 unspecified atom stereocenters. The van der Waals surface area contributed by atoms with Gasteiger partial charge in [0, 0.05) is 37.9 Å². The van der Waals surface area contributed by atoms with Gasteiger partial charge in [0.2, 0.25) is 0 Å². The van der Waals surface area contributed by atoms with E-state index in [1.54, 1.807) is 4.90 Å². The Kier molecular flexibility index (Phi) is 6.24. The van der Waals surface area contributed by atoms with Crippen LogP contribution >= 0.6 is 12.4 Å². The maximum atomic E-state index is 14.2. The van der Waals surface area contributed by atoms with Gasteiger partial charge in [0.15, 0.2) is 0 Å². The van der Waals surface area contributed by atoms with Gasteiger partial charge in [0.1, 0.15) is 5.82 Å². The number of nitrogens with zero attached hydrogens (tertiary/aromatic N) is 2. The maximum absolute atomic E-state index is 14.2. The summed E-state index contributed by atoms with van der Waals surface area (Å²) in [6, 6.07) is 4.03. The number of rotatable bonds is 3. The number of carbonyl (C=O) groups excluding carboxylic acids is 2. The largest absolute Gasteiger partial charge is 0.338 e. The van der Waals surface area contributed by atoms with Crippen molar-refractivity contribution in [1.29, 1.82) is 0 Å². The molecule has 138 valence electrons. The highest BCUT2D eigenvalue weighted by Gasteiger charge is 2.29. The highest BCUT2D eigenvalue weighted by atomic mass is 35.5. The number of amides is 3. The standard InChI is InChI=1S/C17H23FN4O2.ClH/c1-11(19)12-3-2-7-21(10-12)16(23)14-9-13(4-5-15(14)18)22-8-6-20-17(22)24;/h4-5,9,11-12H,2-3,6-8,10,19H2,1H3,(H,20,24);1H. The monoisotopic (exact) mass is 370 g/mol.